The van der Waals surface area contributed by atoms with Crippen molar-refractivity contribution in [3.8, 4) is 23.0 Å². The van der Waals surface area contributed by atoms with Gasteiger partial charge in [-0.25, -0.2) is 4.79 Å². The minimum atomic E-state index is -0.580. The predicted molar refractivity (Wildman–Crippen MR) is 82.9 cm³/mol. The summed E-state index contributed by atoms with van der Waals surface area (Å²) in [5.41, 5.74) is 0.719. The van der Waals surface area contributed by atoms with E-state index in [0.717, 1.165) is 0 Å². The van der Waals surface area contributed by atoms with E-state index in [1.165, 1.54) is 45.6 Å². The number of rotatable bonds is 6. The van der Waals surface area contributed by atoms with Gasteiger partial charge in [0.2, 0.25) is 0 Å². The molecule has 2 rings (SSSR count). The van der Waals surface area contributed by atoms with Gasteiger partial charge in [-0.2, -0.15) is 0 Å². The van der Waals surface area contributed by atoms with Crippen molar-refractivity contribution in [2.75, 3.05) is 21.3 Å². The summed E-state index contributed by atoms with van der Waals surface area (Å²) in [5.74, 6) is 0.867. The maximum atomic E-state index is 12.3. The zero-order valence-electron chi connectivity index (χ0n) is 13.0. The highest BCUT2D eigenvalue weighted by Gasteiger charge is 2.15. The lowest BCUT2D eigenvalue weighted by atomic mass is 10.2. The normalized spacial score (nSPS) is 9.87. The number of ether oxygens (including phenoxy) is 4. The number of benzene rings is 2. The lowest BCUT2D eigenvalue weighted by Gasteiger charge is -2.11. The van der Waals surface area contributed by atoms with Crippen LogP contribution in [0.25, 0.3) is 0 Å². The number of hydrogen-bond donors (Lipinski definition) is 0. The van der Waals surface area contributed by atoms with Crippen LogP contribution in [0.5, 0.6) is 23.0 Å². The molecule has 0 aliphatic carbocycles. The zero-order chi connectivity index (χ0) is 16.8. The van der Waals surface area contributed by atoms with Crippen molar-refractivity contribution in [3.05, 3.63) is 47.5 Å². The molecule has 120 valence electrons. The van der Waals surface area contributed by atoms with Gasteiger partial charge in [-0.15, -0.1) is 0 Å². The molecule has 0 bridgehead atoms. The fourth-order valence-electron chi connectivity index (χ4n) is 1.96. The van der Waals surface area contributed by atoms with Gasteiger partial charge in [0.1, 0.15) is 6.29 Å². The third-order valence-electron chi connectivity index (χ3n) is 3.15. The lowest BCUT2D eigenvalue weighted by molar-refractivity contribution is 0.0729. The zero-order valence-corrected chi connectivity index (χ0v) is 13.0. The van der Waals surface area contributed by atoms with Crippen LogP contribution in [0.3, 0.4) is 0 Å². The van der Waals surface area contributed by atoms with E-state index in [0.29, 0.717) is 34.7 Å². The van der Waals surface area contributed by atoms with Crippen LogP contribution in [0, 0.1) is 0 Å². The van der Waals surface area contributed by atoms with Crippen molar-refractivity contribution in [2.45, 2.75) is 0 Å². The molecule has 0 spiro atoms. The Morgan fingerprint density at radius 3 is 2.04 bits per heavy atom. The highest BCUT2D eigenvalue weighted by molar-refractivity contribution is 5.92. The molecular formula is C17H16O6. The molecule has 0 radical (unpaired) electrons. The van der Waals surface area contributed by atoms with Crippen LogP contribution in [0.1, 0.15) is 20.7 Å². The van der Waals surface area contributed by atoms with Gasteiger partial charge in [-0.1, -0.05) is 0 Å². The first-order valence-electron chi connectivity index (χ1n) is 6.70. The lowest BCUT2D eigenvalue weighted by Crippen LogP contribution is -2.10. The summed E-state index contributed by atoms with van der Waals surface area (Å²) < 4.78 is 20.7. The quantitative estimate of drug-likeness (QED) is 0.463. The molecule has 0 N–H and O–H groups in total. The molecule has 0 aromatic heterocycles. The third-order valence-corrected chi connectivity index (χ3v) is 3.15. The fourth-order valence-corrected chi connectivity index (χ4v) is 1.96. The van der Waals surface area contributed by atoms with Gasteiger partial charge in [-0.05, 0) is 36.4 Å². The van der Waals surface area contributed by atoms with Crippen LogP contribution < -0.4 is 18.9 Å². The number of carbonyl (C=O) groups is 2. The van der Waals surface area contributed by atoms with Gasteiger partial charge in [0, 0.05) is 5.56 Å². The summed E-state index contributed by atoms with van der Waals surface area (Å²) in [6.07, 6.45) is 0.683. The Bertz CT molecular complexity index is 723. The van der Waals surface area contributed by atoms with E-state index in [1.807, 2.05) is 0 Å². The standard InChI is InChI=1S/C17H16O6/c1-20-13-7-5-12(9-16(13)22-3)17(19)23-14-6-4-11(10-18)8-15(14)21-2/h4-10H,1-3H3. The molecule has 0 fully saturated rings. The van der Waals surface area contributed by atoms with Gasteiger partial charge in [0.05, 0.1) is 26.9 Å². The Kier molecular flexibility index (Phi) is 5.19. The van der Waals surface area contributed by atoms with Gasteiger partial charge >= 0.3 is 5.97 Å². The summed E-state index contributed by atoms with van der Waals surface area (Å²) in [6, 6.07) is 9.23. The Morgan fingerprint density at radius 2 is 1.43 bits per heavy atom. The molecule has 0 atom stereocenters. The average molecular weight is 316 g/mol. The van der Waals surface area contributed by atoms with Crippen molar-refractivity contribution < 1.29 is 28.5 Å². The fraction of sp³-hybridized carbons (Fsp3) is 0.176. The van der Waals surface area contributed by atoms with E-state index in [4.69, 9.17) is 18.9 Å². The minimum Gasteiger partial charge on any atom is -0.493 e. The number of esters is 1. The molecule has 0 aliphatic heterocycles. The molecule has 0 unspecified atom stereocenters. The third kappa shape index (κ3) is 3.60. The van der Waals surface area contributed by atoms with E-state index >= 15 is 0 Å². The molecule has 2 aromatic carbocycles. The number of aldehydes is 1. The van der Waals surface area contributed by atoms with Crippen molar-refractivity contribution in [1.29, 1.82) is 0 Å². The predicted octanol–water partition coefficient (Wildman–Crippen LogP) is 2.74. The Balaban J connectivity index is 2.27. The smallest absolute Gasteiger partial charge is 0.343 e. The summed E-state index contributed by atoms with van der Waals surface area (Å²) in [5, 5.41) is 0. The van der Waals surface area contributed by atoms with Crippen LogP contribution in [0.4, 0.5) is 0 Å². The van der Waals surface area contributed by atoms with Crippen molar-refractivity contribution >= 4 is 12.3 Å². The van der Waals surface area contributed by atoms with E-state index in [1.54, 1.807) is 12.1 Å². The first kappa shape index (κ1) is 16.4. The second-order valence-electron chi connectivity index (χ2n) is 4.49. The summed E-state index contributed by atoms with van der Waals surface area (Å²) >= 11 is 0. The second kappa shape index (κ2) is 7.31. The molecule has 0 amide bonds. The summed E-state index contributed by atoms with van der Waals surface area (Å²) in [6.45, 7) is 0. The Morgan fingerprint density at radius 1 is 0.826 bits per heavy atom. The highest BCUT2D eigenvalue weighted by Crippen LogP contribution is 2.30. The van der Waals surface area contributed by atoms with Crippen LogP contribution >= 0.6 is 0 Å². The molecule has 23 heavy (non-hydrogen) atoms. The van der Waals surface area contributed by atoms with E-state index in [2.05, 4.69) is 0 Å². The molecule has 6 nitrogen and oxygen atoms in total. The molecule has 0 heterocycles. The number of methoxy groups -OCH3 is 3. The largest absolute Gasteiger partial charge is 0.493 e. The van der Waals surface area contributed by atoms with Crippen LogP contribution in [-0.4, -0.2) is 33.6 Å². The molecular weight excluding hydrogens is 300 g/mol. The first-order valence-corrected chi connectivity index (χ1v) is 6.70. The van der Waals surface area contributed by atoms with Crippen LogP contribution in [0.2, 0.25) is 0 Å². The molecule has 0 aliphatic rings. The van der Waals surface area contributed by atoms with E-state index in [9.17, 15) is 9.59 Å². The van der Waals surface area contributed by atoms with Gasteiger partial charge in [0.15, 0.2) is 23.0 Å². The van der Waals surface area contributed by atoms with E-state index < -0.39 is 5.97 Å². The number of carbonyl (C=O) groups excluding carboxylic acids is 2. The minimum absolute atomic E-state index is 0.220. The van der Waals surface area contributed by atoms with Gasteiger partial charge in [0.25, 0.3) is 0 Å². The molecule has 0 saturated heterocycles. The van der Waals surface area contributed by atoms with Crippen molar-refractivity contribution in [1.82, 2.24) is 0 Å². The topological polar surface area (TPSA) is 71.1 Å². The maximum absolute atomic E-state index is 12.3. The molecule has 0 saturated carbocycles. The Labute approximate surface area is 133 Å². The molecule has 6 heteroatoms. The second-order valence-corrected chi connectivity index (χ2v) is 4.49. The van der Waals surface area contributed by atoms with Crippen LogP contribution in [-0.2, 0) is 0 Å². The van der Waals surface area contributed by atoms with Gasteiger partial charge in [-0.3, -0.25) is 4.79 Å². The number of hydrogen-bond acceptors (Lipinski definition) is 6. The first-order chi connectivity index (χ1) is 11.1. The van der Waals surface area contributed by atoms with Crippen molar-refractivity contribution in [2.24, 2.45) is 0 Å². The SMILES string of the molecule is COc1ccc(C(=O)Oc2ccc(C=O)cc2OC)cc1OC. The maximum Gasteiger partial charge on any atom is 0.343 e. The van der Waals surface area contributed by atoms with Gasteiger partial charge < -0.3 is 18.9 Å². The van der Waals surface area contributed by atoms with Crippen molar-refractivity contribution in [3.63, 3.8) is 0 Å². The highest BCUT2D eigenvalue weighted by atomic mass is 16.6. The van der Waals surface area contributed by atoms with Crippen LogP contribution in [0.15, 0.2) is 36.4 Å². The molecule has 2 aromatic rings. The Hall–Kier alpha value is -3.02. The van der Waals surface area contributed by atoms with E-state index in [-0.39, 0.29) is 5.75 Å². The summed E-state index contributed by atoms with van der Waals surface area (Å²) in [7, 11) is 4.42. The monoisotopic (exact) mass is 316 g/mol. The summed E-state index contributed by atoms with van der Waals surface area (Å²) in [4.78, 5) is 23.0. The average Bonchev–Trinajstić information content (AvgIpc) is 2.61.